The highest BCUT2D eigenvalue weighted by atomic mass is 19.1. The van der Waals surface area contributed by atoms with Crippen molar-refractivity contribution < 1.29 is 13.9 Å². The lowest BCUT2D eigenvalue weighted by atomic mass is 9.87. The Bertz CT molecular complexity index is 608. The molecule has 4 rings (SSSR count). The van der Waals surface area contributed by atoms with Gasteiger partial charge in [-0.1, -0.05) is 0 Å². The number of halogens is 1. The summed E-state index contributed by atoms with van der Waals surface area (Å²) in [7, 11) is 0. The molecule has 6 heteroatoms. The van der Waals surface area contributed by atoms with E-state index in [1.807, 2.05) is 4.90 Å². The highest BCUT2D eigenvalue weighted by molar-refractivity contribution is 5.78. The van der Waals surface area contributed by atoms with E-state index in [9.17, 15) is 9.18 Å². The van der Waals surface area contributed by atoms with Crippen LogP contribution < -0.4 is 4.90 Å². The molecule has 3 fully saturated rings. The molecule has 1 aromatic rings. The Labute approximate surface area is 148 Å². The zero-order valence-electron chi connectivity index (χ0n) is 14.6. The maximum atomic E-state index is 13.0. The van der Waals surface area contributed by atoms with Crippen LogP contribution >= 0.6 is 0 Å². The highest BCUT2D eigenvalue weighted by Gasteiger charge is 2.41. The lowest BCUT2D eigenvalue weighted by Gasteiger charge is -2.36. The minimum Gasteiger partial charge on any atom is -0.381 e. The van der Waals surface area contributed by atoms with Crippen molar-refractivity contribution in [3.63, 3.8) is 0 Å². The Kier molecular flexibility index (Phi) is 4.65. The summed E-state index contributed by atoms with van der Waals surface area (Å²) >= 11 is 0. The third-order valence-electron chi connectivity index (χ3n) is 5.89. The van der Waals surface area contributed by atoms with E-state index in [-0.39, 0.29) is 11.7 Å². The largest absolute Gasteiger partial charge is 0.381 e. The fraction of sp³-hybridized carbons (Fsp3) is 0.632. The zero-order valence-corrected chi connectivity index (χ0v) is 14.6. The van der Waals surface area contributed by atoms with Crippen LogP contribution in [0.2, 0.25) is 0 Å². The van der Waals surface area contributed by atoms with E-state index in [2.05, 4.69) is 9.80 Å². The molecular formula is C19H26FN3O2. The van der Waals surface area contributed by atoms with E-state index < -0.39 is 0 Å². The Morgan fingerprint density at radius 2 is 1.84 bits per heavy atom. The Hall–Kier alpha value is -1.66. The average molecular weight is 347 g/mol. The minimum absolute atomic E-state index is 0.214. The second-order valence-corrected chi connectivity index (χ2v) is 7.61. The number of nitrogens with zero attached hydrogens (tertiary/aromatic N) is 3. The Morgan fingerprint density at radius 3 is 2.52 bits per heavy atom. The van der Waals surface area contributed by atoms with Crippen LogP contribution in [-0.4, -0.2) is 74.7 Å². The van der Waals surface area contributed by atoms with Crippen LogP contribution in [0.25, 0.3) is 0 Å². The van der Waals surface area contributed by atoms with Crippen molar-refractivity contribution in [3.05, 3.63) is 30.1 Å². The molecule has 0 aromatic heterocycles. The first-order valence-corrected chi connectivity index (χ1v) is 9.22. The van der Waals surface area contributed by atoms with Crippen molar-refractivity contribution in [2.75, 3.05) is 63.9 Å². The van der Waals surface area contributed by atoms with E-state index in [4.69, 9.17) is 4.74 Å². The van der Waals surface area contributed by atoms with Crippen molar-refractivity contribution in [1.82, 2.24) is 9.80 Å². The summed E-state index contributed by atoms with van der Waals surface area (Å²) in [5, 5.41) is 0. The van der Waals surface area contributed by atoms with E-state index in [1.54, 1.807) is 12.1 Å². The summed E-state index contributed by atoms with van der Waals surface area (Å²) in [5.41, 5.74) is 1.33. The first-order chi connectivity index (χ1) is 12.1. The number of anilines is 1. The number of piperazine rings is 1. The third-order valence-corrected chi connectivity index (χ3v) is 5.89. The van der Waals surface area contributed by atoms with Gasteiger partial charge in [0.15, 0.2) is 0 Å². The summed E-state index contributed by atoms with van der Waals surface area (Å²) in [6.45, 7) is 7.32. The van der Waals surface area contributed by atoms with Crippen LogP contribution in [0, 0.1) is 11.2 Å². The van der Waals surface area contributed by atoms with Gasteiger partial charge in [-0.3, -0.25) is 9.69 Å². The number of ether oxygens (including phenoxy) is 1. The van der Waals surface area contributed by atoms with Crippen molar-refractivity contribution in [2.24, 2.45) is 5.41 Å². The molecule has 1 unspecified atom stereocenters. The molecule has 3 heterocycles. The van der Waals surface area contributed by atoms with Gasteiger partial charge in [0, 0.05) is 50.4 Å². The van der Waals surface area contributed by atoms with Crippen LogP contribution in [0.4, 0.5) is 10.1 Å². The molecule has 1 atom stereocenters. The van der Waals surface area contributed by atoms with Gasteiger partial charge in [0.2, 0.25) is 5.91 Å². The summed E-state index contributed by atoms with van der Waals surface area (Å²) in [6, 6.07) is 6.59. The fourth-order valence-corrected chi connectivity index (χ4v) is 4.29. The number of amides is 1. The molecule has 3 aliphatic heterocycles. The molecule has 1 amide bonds. The smallest absolute Gasteiger partial charge is 0.236 e. The van der Waals surface area contributed by atoms with Gasteiger partial charge in [-0.2, -0.15) is 0 Å². The zero-order chi connectivity index (χ0) is 17.3. The maximum absolute atomic E-state index is 13.0. The van der Waals surface area contributed by atoms with E-state index in [0.717, 1.165) is 71.0 Å². The molecule has 0 aliphatic carbocycles. The third kappa shape index (κ3) is 3.65. The molecule has 0 radical (unpaired) electrons. The normalized spacial score (nSPS) is 27.4. The van der Waals surface area contributed by atoms with Crippen LogP contribution in [0.1, 0.15) is 12.8 Å². The van der Waals surface area contributed by atoms with Crippen molar-refractivity contribution >= 4 is 11.6 Å². The average Bonchev–Trinajstić information content (AvgIpc) is 3.25. The standard InChI is InChI=1S/C19H26FN3O2/c20-16-1-3-17(4-2-16)22-8-10-23(11-9-22)18(24)13-21-7-5-19(14-21)6-12-25-15-19/h1-4H,5-15H2. The monoisotopic (exact) mass is 347 g/mol. The predicted molar refractivity (Wildman–Crippen MR) is 94.1 cm³/mol. The SMILES string of the molecule is O=C(CN1CCC2(CCOC2)C1)N1CCN(c2ccc(F)cc2)CC1. The number of benzene rings is 1. The van der Waals surface area contributed by atoms with E-state index in [1.165, 1.54) is 12.1 Å². The lowest BCUT2D eigenvalue weighted by Crippen LogP contribution is -2.51. The number of likely N-dealkylation sites (tertiary alicyclic amines) is 1. The van der Waals surface area contributed by atoms with Gasteiger partial charge >= 0.3 is 0 Å². The highest BCUT2D eigenvalue weighted by Crippen LogP contribution is 2.38. The molecular weight excluding hydrogens is 321 g/mol. The second kappa shape index (κ2) is 6.92. The summed E-state index contributed by atoms with van der Waals surface area (Å²) in [4.78, 5) is 19.1. The Balaban J connectivity index is 1.26. The molecule has 136 valence electrons. The van der Waals surface area contributed by atoms with Crippen LogP contribution in [0.5, 0.6) is 0 Å². The summed E-state index contributed by atoms with van der Waals surface area (Å²) in [6.07, 6.45) is 2.28. The molecule has 25 heavy (non-hydrogen) atoms. The van der Waals surface area contributed by atoms with E-state index in [0.29, 0.717) is 12.0 Å². The predicted octanol–water partition coefficient (Wildman–Crippen LogP) is 1.59. The molecule has 0 saturated carbocycles. The number of carbonyl (C=O) groups is 1. The van der Waals surface area contributed by atoms with Gasteiger partial charge < -0.3 is 14.5 Å². The molecule has 1 aromatic carbocycles. The van der Waals surface area contributed by atoms with Crippen LogP contribution in [-0.2, 0) is 9.53 Å². The first kappa shape index (κ1) is 16.8. The van der Waals surface area contributed by atoms with Crippen molar-refractivity contribution in [1.29, 1.82) is 0 Å². The van der Waals surface area contributed by atoms with Gasteiger partial charge in [-0.25, -0.2) is 4.39 Å². The molecule has 1 spiro atoms. The van der Waals surface area contributed by atoms with Crippen molar-refractivity contribution in [3.8, 4) is 0 Å². The van der Waals surface area contributed by atoms with Gasteiger partial charge in [-0.05, 0) is 43.7 Å². The van der Waals surface area contributed by atoms with E-state index >= 15 is 0 Å². The molecule has 5 nitrogen and oxygen atoms in total. The summed E-state index contributed by atoms with van der Waals surface area (Å²) in [5.74, 6) is 0.0170. The van der Waals surface area contributed by atoms with Crippen LogP contribution in [0.15, 0.2) is 24.3 Å². The summed E-state index contributed by atoms with van der Waals surface area (Å²) < 4.78 is 18.6. The maximum Gasteiger partial charge on any atom is 0.236 e. The fourth-order valence-electron chi connectivity index (χ4n) is 4.29. The molecule has 0 bridgehead atoms. The Morgan fingerprint density at radius 1 is 1.08 bits per heavy atom. The first-order valence-electron chi connectivity index (χ1n) is 9.22. The van der Waals surface area contributed by atoms with Gasteiger partial charge in [-0.15, -0.1) is 0 Å². The van der Waals surface area contributed by atoms with Crippen molar-refractivity contribution in [2.45, 2.75) is 12.8 Å². The second-order valence-electron chi connectivity index (χ2n) is 7.61. The minimum atomic E-state index is -0.214. The van der Waals surface area contributed by atoms with Gasteiger partial charge in [0.25, 0.3) is 0 Å². The number of hydrogen-bond donors (Lipinski definition) is 0. The topological polar surface area (TPSA) is 36.0 Å². The number of carbonyl (C=O) groups excluding carboxylic acids is 1. The quantitative estimate of drug-likeness (QED) is 0.832. The number of hydrogen-bond acceptors (Lipinski definition) is 4. The molecule has 3 saturated heterocycles. The van der Waals surface area contributed by atoms with Gasteiger partial charge in [0.05, 0.1) is 13.2 Å². The van der Waals surface area contributed by atoms with Gasteiger partial charge in [0.1, 0.15) is 5.82 Å². The lowest BCUT2D eigenvalue weighted by molar-refractivity contribution is -0.132. The number of rotatable bonds is 3. The van der Waals surface area contributed by atoms with Crippen LogP contribution in [0.3, 0.4) is 0 Å². The molecule has 0 N–H and O–H groups in total. The molecule has 3 aliphatic rings.